The van der Waals surface area contributed by atoms with Crippen LogP contribution in [0.1, 0.15) is 44.5 Å². The minimum Gasteiger partial charge on any atom is -0.300 e. The van der Waals surface area contributed by atoms with Crippen LogP contribution in [0.4, 0.5) is 5.13 Å². The summed E-state index contributed by atoms with van der Waals surface area (Å²) in [6.45, 7) is 4.80. The summed E-state index contributed by atoms with van der Waals surface area (Å²) in [7, 11) is -3.17. The summed E-state index contributed by atoms with van der Waals surface area (Å²) in [5.41, 5.74) is 0. The molecule has 0 bridgehead atoms. The molecule has 23 heavy (non-hydrogen) atoms. The monoisotopic (exact) mass is 360 g/mol. The second-order valence-electron chi connectivity index (χ2n) is 5.69. The number of rotatable bonds is 7. The Labute approximate surface area is 141 Å². The maximum absolute atomic E-state index is 12.3. The first-order valence-electron chi connectivity index (χ1n) is 8.07. The lowest BCUT2D eigenvalue weighted by Crippen LogP contribution is -2.42. The van der Waals surface area contributed by atoms with E-state index in [0.29, 0.717) is 37.5 Å². The fourth-order valence-corrected chi connectivity index (χ4v) is 4.87. The van der Waals surface area contributed by atoms with Gasteiger partial charge in [0.25, 0.3) is 0 Å². The summed E-state index contributed by atoms with van der Waals surface area (Å²) >= 11 is 1.38. The Morgan fingerprint density at radius 1 is 1.30 bits per heavy atom. The summed E-state index contributed by atoms with van der Waals surface area (Å²) in [5, 5.41) is 12.1. The van der Waals surface area contributed by atoms with Crippen LogP contribution in [0.5, 0.6) is 0 Å². The Balaban J connectivity index is 1.85. The van der Waals surface area contributed by atoms with Gasteiger partial charge in [0.1, 0.15) is 5.01 Å². The number of piperidine rings is 1. The second-order valence-corrected chi connectivity index (χ2v) is 8.84. The van der Waals surface area contributed by atoms with Gasteiger partial charge in [0.2, 0.25) is 21.1 Å². The van der Waals surface area contributed by atoms with Crippen molar-refractivity contribution in [1.29, 1.82) is 0 Å². The van der Waals surface area contributed by atoms with Gasteiger partial charge in [0.15, 0.2) is 0 Å². The number of amides is 1. The van der Waals surface area contributed by atoms with Crippen molar-refractivity contribution in [1.82, 2.24) is 14.5 Å². The molecule has 0 radical (unpaired) electrons. The molecule has 0 atom stereocenters. The normalized spacial score (nSPS) is 17.3. The molecule has 2 heterocycles. The second kappa shape index (κ2) is 8.16. The number of anilines is 1. The molecule has 1 aliphatic rings. The number of aromatic nitrogens is 2. The largest absolute Gasteiger partial charge is 0.300 e. The smallest absolute Gasteiger partial charge is 0.229 e. The van der Waals surface area contributed by atoms with Crippen LogP contribution in [0.25, 0.3) is 0 Å². The molecule has 7 nitrogen and oxygen atoms in total. The number of hydrogen-bond donors (Lipinski definition) is 1. The Morgan fingerprint density at radius 2 is 2.00 bits per heavy atom. The molecule has 0 aliphatic carbocycles. The van der Waals surface area contributed by atoms with Crippen LogP contribution in [-0.4, -0.2) is 47.7 Å². The summed E-state index contributed by atoms with van der Waals surface area (Å²) in [5.74, 6) is -0.0543. The van der Waals surface area contributed by atoms with Crippen LogP contribution in [-0.2, 0) is 21.2 Å². The van der Waals surface area contributed by atoms with Crippen molar-refractivity contribution in [3.05, 3.63) is 5.01 Å². The fourth-order valence-electron chi connectivity index (χ4n) is 2.51. The molecule has 0 unspecified atom stereocenters. The first-order valence-corrected chi connectivity index (χ1v) is 10.5. The van der Waals surface area contributed by atoms with Gasteiger partial charge in [-0.3, -0.25) is 4.79 Å². The molecule has 0 aromatic carbocycles. The topological polar surface area (TPSA) is 92.3 Å². The van der Waals surface area contributed by atoms with E-state index in [1.54, 1.807) is 0 Å². The molecule has 1 fully saturated rings. The summed E-state index contributed by atoms with van der Waals surface area (Å²) in [6, 6.07) is 0. The fraction of sp³-hybridized carbons (Fsp3) is 0.786. The average molecular weight is 361 g/mol. The standard InChI is InChI=1S/C14H24N4O3S2/c1-3-5-10-23(20,21)18-8-6-11(7-9-18)13(19)15-14-17-16-12(4-2)22-14/h11H,3-10H2,1-2H3,(H,15,17,19). The molecule has 0 spiro atoms. The molecule has 1 N–H and O–H groups in total. The number of carbonyl (C=O) groups excluding carboxylic acids is 1. The number of aryl methyl sites for hydroxylation is 1. The van der Waals surface area contributed by atoms with Crippen molar-refractivity contribution < 1.29 is 13.2 Å². The lowest BCUT2D eigenvalue weighted by molar-refractivity contribution is -0.120. The number of unbranched alkanes of at least 4 members (excludes halogenated alkanes) is 1. The lowest BCUT2D eigenvalue weighted by Gasteiger charge is -2.30. The van der Waals surface area contributed by atoms with Crippen molar-refractivity contribution in [2.24, 2.45) is 5.92 Å². The number of nitrogens with one attached hydrogen (secondary N) is 1. The zero-order chi connectivity index (χ0) is 16.9. The highest BCUT2D eigenvalue weighted by Gasteiger charge is 2.31. The summed E-state index contributed by atoms with van der Waals surface area (Å²) < 4.78 is 25.8. The van der Waals surface area contributed by atoms with Gasteiger partial charge in [-0.05, 0) is 25.7 Å². The molecule has 2 rings (SSSR count). The zero-order valence-corrected chi connectivity index (χ0v) is 15.3. The molecule has 1 saturated heterocycles. The van der Waals surface area contributed by atoms with Gasteiger partial charge in [-0.2, -0.15) is 0 Å². The minimum atomic E-state index is -3.17. The van der Waals surface area contributed by atoms with E-state index in [1.165, 1.54) is 15.6 Å². The predicted octanol–water partition coefficient (Wildman–Crippen LogP) is 1.88. The van der Waals surface area contributed by atoms with Crippen LogP contribution in [0.3, 0.4) is 0 Å². The maximum Gasteiger partial charge on any atom is 0.229 e. The van der Waals surface area contributed by atoms with Gasteiger partial charge in [-0.1, -0.05) is 31.6 Å². The highest BCUT2D eigenvalue weighted by atomic mass is 32.2. The van der Waals surface area contributed by atoms with Gasteiger partial charge in [-0.15, -0.1) is 10.2 Å². The van der Waals surface area contributed by atoms with Crippen LogP contribution in [0.15, 0.2) is 0 Å². The van der Waals surface area contributed by atoms with Gasteiger partial charge in [0.05, 0.1) is 5.75 Å². The van der Waals surface area contributed by atoms with Gasteiger partial charge in [-0.25, -0.2) is 12.7 Å². The van der Waals surface area contributed by atoms with E-state index in [2.05, 4.69) is 15.5 Å². The van der Waals surface area contributed by atoms with Crippen molar-refractivity contribution in [3.8, 4) is 0 Å². The Morgan fingerprint density at radius 3 is 2.57 bits per heavy atom. The molecule has 130 valence electrons. The Bertz CT molecular complexity index is 622. The molecule has 1 aromatic rings. The molecule has 1 aliphatic heterocycles. The van der Waals surface area contributed by atoms with Crippen LogP contribution in [0.2, 0.25) is 0 Å². The Hall–Kier alpha value is -1.06. The average Bonchev–Trinajstić information content (AvgIpc) is 3.00. The van der Waals surface area contributed by atoms with E-state index >= 15 is 0 Å². The Kier molecular flexibility index (Phi) is 6.49. The van der Waals surface area contributed by atoms with E-state index in [4.69, 9.17) is 0 Å². The first-order chi connectivity index (χ1) is 11.0. The van der Waals surface area contributed by atoms with E-state index < -0.39 is 10.0 Å². The molecular formula is C14H24N4O3S2. The zero-order valence-electron chi connectivity index (χ0n) is 13.6. The number of hydrogen-bond acceptors (Lipinski definition) is 6. The van der Waals surface area contributed by atoms with Gasteiger partial charge >= 0.3 is 0 Å². The number of nitrogens with zero attached hydrogens (tertiary/aromatic N) is 3. The molecule has 1 amide bonds. The van der Waals surface area contributed by atoms with Gasteiger partial charge in [0, 0.05) is 19.0 Å². The van der Waals surface area contributed by atoms with Crippen LogP contribution >= 0.6 is 11.3 Å². The highest BCUT2D eigenvalue weighted by Crippen LogP contribution is 2.23. The number of carbonyl (C=O) groups is 1. The quantitative estimate of drug-likeness (QED) is 0.801. The van der Waals surface area contributed by atoms with E-state index in [9.17, 15) is 13.2 Å². The van der Waals surface area contributed by atoms with E-state index in [0.717, 1.165) is 17.8 Å². The SMILES string of the molecule is CCCCS(=O)(=O)N1CCC(C(=O)Nc2nnc(CC)s2)CC1. The van der Waals surface area contributed by atoms with Crippen LogP contribution in [0, 0.1) is 5.92 Å². The third-order valence-corrected chi connectivity index (χ3v) is 6.91. The van der Waals surface area contributed by atoms with Crippen molar-refractivity contribution in [2.45, 2.75) is 46.0 Å². The highest BCUT2D eigenvalue weighted by molar-refractivity contribution is 7.89. The third kappa shape index (κ3) is 4.95. The molecule has 9 heteroatoms. The minimum absolute atomic E-state index is 0.0885. The van der Waals surface area contributed by atoms with Crippen molar-refractivity contribution in [3.63, 3.8) is 0 Å². The molecule has 0 saturated carbocycles. The van der Waals surface area contributed by atoms with E-state index in [-0.39, 0.29) is 17.6 Å². The van der Waals surface area contributed by atoms with Crippen molar-refractivity contribution in [2.75, 3.05) is 24.2 Å². The van der Waals surface area contributed by atoms with Crippen LogP contribution < -0.4 is 5.32 Å². The predicted molar refractivity (Wildman–Crippen MR) is 90.9 cm³/mol. The molecular weight excluding hydrogens is 336 g/mol. The van der Waals surface area contributed by atoms with Gasteiger partial charge < -0.3 is 5.32 Å². The lowest BCUT2D eigenvalue weighted by atomic mass is 9.97. The van der Waals surface area contributed by atoms with E-state index in [1.807, 2.05) is 13.8 Å². The number of sulfonamides is 1. The first kappa shape index (κ1) is 18.3. The summed E-state index contributed by atoms with van der Waals surface area (Å²) in [6.07, 6.45) is 3.44. The van der Waals surface area contributed by atoms with Crippen molar-refractivity contribution >= 4 is 32.4 Å². The maximum atomic E-state index is 12.3. The summed E-state index contributed by atoms with van der Waals surface area (Å²) in [4.78, 5) is 12.3. The third-order valence-electron chi connectivity index (χ3n) is 3.97. The molecule has 1 aromatic heterocycles.